The molecule has 0 saturated heterocycles. The lowest BCUT2D eigenvalue weighted by Crippen LogP contribution is -1.25. The first-order valence-electron chi connectivity index (χ1n) is 0.447. The summed E-state index contributed by atoms with van der Waals surface area (Å²) >= 11 is 0. The molecule has 6 N–H and O–H groups in total. The second-order valence-electron chi connectivity index (χ2n) is 0. The van der Waals surface area contributed by atoms with Crippen molar-refractivity contribution in [3.63, 3.8) is 0 Å². The predicted molar refractivity (Wildman–Crippen MR) is 29.4 cm³/mol. The summed E-state index contributed by atoms with van der Waals surface area (Å²) in [5.41, 5.74) is 0. The van der Waals surface area contributed by atoms with E-state index in [1.54, 1.807) is 0 Å². The summed E-state index contributed by atoms with van der Waals surface area (Å²) in [6, 6.07) is 0. The molecule has 0 spiro atoms. The van der Waals surface area contributed by atoms with E-state index in [0.29, 0.717) is 0 Å². The summed E-state index contributed by atoms with van der Waals surface area (Å²) in [5, 5.41) is 7.00. The van der Waals surface area contributed by atoms with Gasteiger partial charge >= 0.3 is 0 Å². The highest BCUT2D eigenvalue weighted by Crippen LogP contribution is 0.755. The third-order valence-corrected chi connectivity index (χ3v) is 0. The Kier molecular flexibility index (Phi) is 62500. The van der Waals surface area contributed by atoms with Crippen LogP contribution in [0.2, 0.25) is 0 Å². The normalized spacial score (nSPS) is 1.00. The maximum atomic E-state index is 7.00. The Morgan fingerprint density at radius 2 is 1.17 bits per heavy atom. The second kappa shape index (κ2) is 3110. The molecule has 0 aromatic carbocycles. The largest absolute Gasteiger partial charge is 0.412 e. The Morgan fingerprint density at radius 3 is 1.17 bits per heavy atom. The molecular weight excluding hydrogens is 105 g/mol. The van der Waals surface area contributed by atoms with Gasteiger partial charge in [0.15, 0.2) is 0 Å². The molecule has 4 heteroatoms. The molecule has 3 nitrogen and oxygen atoms in total. The Balaban J connectivity index is -0.000000000833. The molecule has 0 amide bonds. The van der Waals surface area contributed by atoms with Crippen LogP contribution in [0.5, 0.6) is 0 Å². The molecule has 0 atom stereocenters. The van der Waals surface area contributed by atoms with E-state index in [0.717, 1.165) is 7.11 Å². The fraction of sp³-hybridized carbons (Fsp3) is 0.500. The lowest BCUT2D eigenvalue weighted by Gasteiger charge is -1.21. The van der Waals surface area contributed by atoms with Gasteiger partial charge in [0.25, 0.3) is 0 Å². The summed E-state index contributed by atoms with van der Waals surface area (Å²) < 4.78 is 0. The number of rotatable bonds is 0. The molecule has 0 aromatic rings. The van der Waals surface area contributed by atoms with Gasteiger partial charge in [-0.2, -0.15) is 0 Å². The van der Waals surface area contributed by atoms with Crippen molar-refractivity contribution in [1.82, 2.24) is 6.15 Å². The summed E-state index contributed by atoms with van der Waals surface area (Å²) in [4.78, 5) is 0. The molecule has 0 fully saturated rings. The van der Waals surface area contributed by atoms with Gasteiger partial charge in [0, 0.05) is 7.11 Å². The predicted octanol–water partition coefficient (Wildman–Crippen LogP) is -0.305. The molecule has 2 radical (unpaired) electrons. The molecule has 6 heavy (non-hydrogen) atoms. The number of hydrogen-bond acceptors (Lipinski definition) is 2. The molecular formula is C2H12ClNO2. The zero-order valence-corrected chi connectivity index (χ0v) is 4.59. The molecule has 0 aromatic heterocycles. The Morgan fingerprint density at radius 1 is 1.17 bits per heavy atom. The van der Waals surface area contributed by atoms with Gasteiger partial charge in [-0.15, -0.1) is 12.4 Å². The van der Waals surface area contributed by atoms with Gasteiger partial charge in [0.05, 0.1) is 0 Å². The van der Waals surface area contributed by atoms with Crippen LogP contribution < -0.4 is 6.15 Å². The fourth-order valence-corrected chi connectivity index (χ4v) is 0. The van der Waals surface area contributed by atoms with Crippen LogP contribution in [0.15, 0.2) is 0 Å². The Labute approximate surface area is 44.7 Å². The van der Waals surface area contributed by atoms with Crippen LogP contribution in [0.25, 0.3) is 0 Å². The number of aliphatic hydroxyl groups excluding tert-OH is 1. The van der Waals surface area contributed by atoms with Crippen molar-refractivity contribution in [1.29, 1.82) is 0 Å². The minimum atomic E-state index is 0. The van der Waals surface area contributed by atoms with Crippen LogP contribution in [0.4, 0.5) is 0 Å². The highest BCUT2D eigenvalue weighted by atomic mass is 35.5. The van der Waals surface area contributed by atoms with Crippen LogP contribution >= 0.6 is 12.4 Å². The quantitative estimate of drug-likeness (QED) is 0.456. The average Bonchev–Trinajstić information content (AvgIpc) is 1.00. The van der Waals surface area contributed by atoms with Crippen molar-refractivity contribution in [3.8, 4) is 0 Å². The third kappa shape index (κ3) is 1450. The molecule has 0 aliphatic carbocycles. The van der Waals surface area contributed by atoms with Crippen LogP contribution in [0.1, 0.15) is 0 Å². The number of halogens is 1. The van der Waals surface area contributed by atoms with Crippen molar-refractivity contribution < 1.29 is 10.6 Å². The van der Waals surface area contributed by atoms with Gasteiger partial charge in [-0.3, -0.25) is 0 Å². The highest BCUT2D eigenvalue weighted by Gasteiger charge is 0.839. The van der Waals surface area contributed by atoms with Gasteiger partial charge in [-0.05, 0) is 0 Å². The van der Waals surface area contributed by atoms with E-state index in [1.807, 2.05) is 0 Å². The van der Waals surface area contributed by atoms with E-state index < -0.39 is 0 Å². The Hall–Kier alpha value is 0.170. The second-order valence-corrected chi connectivity index (χ2v) is 0. The van der Waals surface area contributed by atoms with E-state index in [4.69, 9.17) is 5.11 Å². The monoisotopic (exact) mass is 117 g/mol. The van der Waals surface area contributed by atoms with Gasteiger partial charge in [0.1, 0.15) is 0 Å². The van der Waals surface area contributed by atoms with Gasteiger partial charge in [-0.1, -0.05) is 7.43 Å². The van der Waals surface area contributed by atoms with Crippen molar-refractivity contribution >= 4 is 12.4 Å². The number of hydrogen-bond donors (Lipinski definition) is 2. The first-order chi connectivity index (χ1) is 1.00. The molecule has 0 aliphatic heterocycles. The van der Waals surface area contributed by atoms with Crippen LogP contribution in [0.3, 0.4) is 0 Å². The van der Waals surface area contributed by atoms with E-state index >= 15 is 0 Å². The zero-order valence-electron chi connectivity index (χ0n) is 3.77. The van der Waals surface area contributed by atoms with Crippen molar-refractivity contribution in [2.24, 2.45) is 0 Å². The van der Waals surface area contributed by atoms with E-state index in [-0.39, 0.29) is 31.5 Å². The molecule has 0 unspecified atom stereocenters. The van der Waals surface area contributed by atoms with Crippen LogP contribution in [-0.2, 0) is 0 Å². The summed E-state index contributed by atoms with van der Waals surface area (Å²) in [5.74, 6) is 0. The van der Waals surface area contributed by atoms with E-state index in [1.165, 1.54) is 0 Å². The molecule has 0 saturated carbocycles. The van der Waals surface area contributed by atoms with Gasteiger partial charge in [-0.25, -0.2) is 0 Å². The van der Waals surface area contributed by atoms with Crippen molar-refractivity contribution in [2.75, 3.05) is 7.11 Å². The zero-order chi connectivity index (χ0) is 2.00. The summed E-state index contributed by atoms with van der Waals surface area (Å²) in [6.45, 7) is 0. The molecule has 0 heterocycles. The van der Waals surface area contributed by atoms with Gasteiger partial charge in [0.2, 0.25) is 0 Å². The topological polar surface area (TPSA) is 86.7 Å². The maximum absolute atomic E-state index is 7.00. The lowest BCUT2D eigenvalue weighted by atomic mass is 11.8. The smallest absolute Gasteiger partial charge is 0.0319 e. The summed E-state index contributed by atoms with van der Waals surface area (Å²) in [7, 11) is 1.00. The molecule has 0 bridgehead atoms. The van der Waals surface area contributed by atoms with Crippen molar-refractivity contribution in [2.45, 2.75) is 0 Å². The Bertz CT molecular complexity index is 11.5. The van der Waals surface area contributed by atoms with Crippen LogP contribution in [0, 0.1) is 7.43 Å². The molecule has 0 aliphatic rings. The minimum Gasteiger partial charge on any atom is -0.412 e. The number of aliphatic hydroxyl groups is 1. The summed E-state index contributed by atoms with van der Waals surface area (Å²) in [6.07, 6.45) is 0. The van der Waals surface area contributed by atoms with E-state index in [9.17, 15) is 0 Å². The average molecular weight is 118 g/mol. The van der Waals surface area contributed by atoms with Gasteiger partial charge < -0.3 is 16.7 Å². The third-order valence-electron chi connectivity index (χ3n) is 0. The molecule has 44 valence electrons. The first kappa shape index (κ1) is 120. The van der Waals surface area contributed by atoms with Crippen molar-refractivity contribution in [3.05, 3.63) is 7.43 Å². The SMILES string of the molecule is CO.Cl.N.O.[CH2]. The first-order valence-corrected chi connectivity index (χ1v) is 0.447. The minimum absolute atomic E-state index is 0. The highest BCUT2D eigenvalue weighted by molar-refractivity contribution is 5.85. The van der Waals surface area contributed by atoms with Crippen LogP contribution in [-0.4, -0.2) is 17.7 Å². The lowest BCUT2D eigenvalue weighted by molar-refractivity contribution is 0.399. The standard InChI is InChI=1S/CH4O.CH2.ClH.H3N.H2O/c1-2;;;;/h2H,1H3;1H2;1H;1H3;1H2. The fourth-order valence-electron chi connectivity index (χ4n) is 0. The maximum Gasteiger partial charge on any atom is 0.0319 e. The van der Waals surface area contributed by atoms with E-state index in [2.05, 4.69) is 0 Å². The molecule has 0 rings (SSSR count).